The molecule has 3 rings (SSSR count). The minimum absolute atomic E-state index is 0.00795. The summed E-state index contributed by atoms with van der Waals surface area (Å²) in [6.45, 7) is 8.31. The van der Waals surface area contributed by atoms with Crippen LogP contribution in [0.25, 0.3) is 0 Å². The number of carboxylic acid groups (broad SMARTS) is 1. The van der Waals surface area contributed by atoms with Crippen molar-refractivity contribution in [2.45, 2.75) is 58.9 Å². The molecule has 1 aliphatic rings. The van der Waals surface area contributed by atoms with Crippen LogP contribution < -0.4 is 15.0 Å². The topological polar surface area (TPSA) is 99.1 Å². The van der Waals surface area contributed by atoms with Gasteiger partial charge in [-0.15, -0.1) is 0 Å². The zero-order valence-electron chi connectivity index (χ0n) is 20.3. The number of hydrogen-bond donors (Lipinski definition) is 3. The van der Waals surface area contributed by atoms with E-state index in [1.54, 1.807) is 6.92 Å². The highest BCUT2D eigenvalue weighted by Gasteiger charge is 2.24. The van der Waals surface area contributed by atoms with E-state index in [-0.39, 0.29) is 36.3 Å². The van der Waals surface area contributed by atoms with Crippen LogP contribution in [0.2, 0.25) is 0 Å². The van der Waals surface area contributed by atoms with Gasteiger partial charge in [0.15, 0.2) is 0 Å². The first kappa shape index (κ1) is 25.4. The molecule has 0 saturated carbocycles. The Balaban J connectivity index is 1.83. The number of nitrogens with zero attached hydrogens (tertiary/aromatic N) is 1. The molecular weight excluding hydrogens is 432 g/mol. The van der Waals surface area contributed by atoms with Crippen molar-refractivity contribution in [2.75, 3.05) is 24.6 Å². The Morgan fingerprint density at radius 2 is 1.82 bits per heavy atom. The average molecular weight is 469 g/mol. The van der Waals surface area contributed by atoms with Crippen molar-refractivity contribution in [3.05, 3.63) is 53.1 Å². The Kier molecular flexibility index (Phi) is 8.79. The number of aromatic carboxylic acids is 1. The monoisotopic (exact) mass is 468 g/mol. The van der Waals surface area contributed by atoms with Crippen molar-refractivity contribution in [1.82, 2.24) is 5.32 Å². The smallest absolute Gasteiger partial charge is 0.343 e. The normalized spacial score (nSPS) is 14.6. The van der Waals surface area contributed by atoms with Gasteiger partial charge in [0.25, 0.3) is 0 Å². The molecule has 0 spiro atoms. The molecule has 0 aromatic heterocycles. The van der Waals surface area contributed by atoms with Crippen LogP contribution >= 0.6 is 0 Å². The molecule has 7 nitrogen and oxygen atoms in total. The van der Waals surface area contributed by atoms with Gasteiger partial charge in [0, 0.05) is 18.8 Å². The Labute approximate surface area is 201 Å². The molecular formula is C27H36N2O5. The molecule has 1 amide bonds. The average Bonchev–Trinajstić information content (AvgIpc) is 2.78. The second-order valence-electron chi connectivity index (χ2n) is 9.26. The van der Waals surface area contributed by atoms with Crippen LogP contribution in [0.1, 0.15) is 74.0 Å². The van der Waals surface area contributed by atoms with E-state index in [0.29, 0.717) is 11.5 Å². The van der Waals surface area contributed by atoms with E-state index in [9.17, 15) is 19.8 Å². The molecule has 1 unspecified atom stereocenters. The maximum absolute atomic E-state index is 13.1. The second kappa shape index (κ2) is 11.8. The van der Waals surface area contributed by atoms with Crippen molar-refractivity contribution in [2.24, 2.45) is 5.92 Å². The Hall–Kier alpha value is -3.22. The number of amides is 1. The lowest BCUT2D eigenvalue weighted by Crippen LogP contribution is -2.34. The Bertz CT molecular complexity index is 999. The summed E-state index contributed by atoms with van der Waals surface area (Å²) in [7, 11) is 0. The van der Waals surface area contributed by atoms with Gasteiger partial charge in [0.1, 0.15) is 17.1 Å². The molecule has 0 radical (unpaired) electrons. The van der Waals surface area contributed by atoms with Gasteiger partial charge in [0.2, 0.25) is 5.91 Å². The number of carbonyl (C=O) groups excluding carboxylic acids is 1. The summed E-state index contributed by atoms with van der Waals surface area (Å²) in [6.07, 6.45) is 4.40. The minimum Gasteiger partial charge on any atom is -0.507 e. The van der Waals surface area contributed by atoms with Gasteiger partial charge in [-0.05, 0) is 67.9 Å². The largest absolute Gasteiger partial charge is 0.507 e. The van der Waals surface area contributed by atoms with Crippen LogP contribution in [0.5, 0.6) is 11.5 Å². The number of phenols is 1. The van der Waals surface area contributed by atoms with E-state index in [2.05, 4.69) is 36.2 Å². The van der Waals surface area contributed by atoms with Crippen molar-refractivity contribution in [3.63, 3.8) is 0 Å². The van der Waals surface area contributed by atoms with Gasteiger partial charge in [0.05, 0.1) is 19.1 Å². The third-order valence-corrected chi connectivity index (χ3v) is 6.07. The predicted molar refractivity (Wildman–Crippen MR) is 133 cm³/mol. The summed E-state index contributed by atoms with van der Waals surface area (Å²) in [5.74, 6) is -1.43. The number of piperidine rings is 1. The highest BCUT2D eigenvalue weighted by Crippen LogP contribution is 2.33. The molecule has 1 heterocycles. The molecule has 34 heavy (non-hydrogen) atoms. The van der Waals surface area contributed by atoms with Gasteiger partial charge in [-0.1, -0.05) is 32.0 Å². The number of anilines is 1. The maximum Gasteiger partial charge on any atom is 0.343 e. The first-order valence-corrected chi connectivity index (χ1v) is 12.1. The summed E-state index contributed by atoms with van der Waals surface area (Å²) < 4.78 is 5.41. The van der Waals surface area contributed by atoms with E-state index in [0.717, 1.165) is 25.1 Å². The predicted octanol–water partition coefficient (Wildman–Crippen LogP) is 4.93. The van der Waals surface area contributed by atoms with E-state index in [1.165, 1.54) is 37.1 Å². The number of carbonyl (C=O) groups is 2. The molecule has 184 valence electrons. The van der Waals surface area contributed by atoms with Crippen molar-refractivity contribution < 1.29 is 24.5 Å². The van der Waals surface area contributed by atoms with E-state index in [4.69, 9.17) is 4.74 Å². The van der Waals surface area contributed by atoms with Crippen LogP contribution in [0.3, 0.4) is 0 Å². The van der Waals surface area contributed by atoms with Gasteiger partial charge in [-0.3, -0.25) is 4.79 Å². The number of hydrogen-bond acceptors (Lipinski definition) is 5. The van der Waals surface area contributed by atoms with E-state index < -0.39 is 11.7 Å². The van der Waals surface area contributed by atoms with Crippen LogP contribution in [0, 0.1) is 5.92 Å². The molecule has 1 atom stereocenters. The molecule has 1 aliphatic heterocycles. The lowest BCUT2D eigenvalue weighted by molar-refractivity contribution is -0.121. The third kappa shape index (κ3) is 6.43. The summed E-state index contributed by atoms with van der Waals surface area (Å²) in [4.78, 5) is 27.0. The van der Waals surface area contributed by atoms with Crippen LogP contribution in [-0.4, -0.2) is 41.8 Å². The molecule has 0 bridgehead atoms. The van der Waals surface area contributed by atoms with Crippen molar-refractivity contribution in [3.8, 4) is 11.5 Å². The van der Waals surface area contributed by atoms with Crippen LogP contribution in [0.4, 0.5) is 5.69 Å². The first-order chi connectivity index (χ1) is 16.3. The second-order valence-corrected chi connectivity index (χ2v) is 9.26. The van der Waals surface area contributed by atoms with E-state index >= 15 is 0 Å². The fraction of sp³-hybridized carbons (Fsp3) is 0.481. The molecule has 2 aromatic rings. The quantitative estimate of drug-likeness (QED) is 0.457. The summed E-state index contributed by atoms with van der Waals surface area (Å²) in [5.41, 5.74) is 2.50. The summed E-state index contributed by atoms with van der Waals surface area (Å²) in [6, 6.07) is 11.0. The standard InChI is InChI=1S/C27H36N2O5/c1-4-34-24-16-19(15-23(30)26(24)27(32)33)17-25(31)28-21(14-18(2)3)20-10-6-7-11-22(20)29-12-8-5-9-13-29/h6-7,10-11,15-16,18,21,30H,4-5,8-9,12-14,17H2,1-3H3,(H,28,31)(H,32,33). The SMILES string of the molecule is CCOc1cc(CC(=O)NC(CC(C)C)c2ccccc2N2CCCCC2)cc(O)c1C(=O)O. The Morgan fingerprint density at radius 3 is 2.47 bits per heavy atom. The minimum atomic E-state index is -1.27. The number of aromatic hydroxyl groups is 1. The Morgan fingerprint density at radius 1 is 1.12 bits per heavy atom. The zero-order chi connectivity index (χ0) is 24.7. The molecule has 1 fully saturated rings. The van der Waals surface area contributed by atoms with Gasteiger partial charge < -0.3 is 25.2 Å². The number of rotatable bonds is 10. The maximum atomic E-state index is 13.1. The number of para-hydroxylation sites is 1. The molecule has 7 heteroatoms. The molecule has 0 aliphatic carbocycles. The molecule has 2 aromatic carbocycles. The third-order valence-electron chi connectivity index (χ3n) is 6.07. The lowest BCUT2D eigenvalue weighted by Gasteiger charge is -2.33. The molecule has 3 N–H and O–H groups in total. The van der Waals surface area contributed by atoms with Gasteiger partial charge in [-0.2, -0.15) is 0 Å². The first-order valence-electron chi connectivity index (χ1n) is 12.1. The van der Waals surface area contributed by atoms with Crippen molar-refractivity contribution in [1.29, 1.82) is 0 Å². The van der Waals surface area contributed by atoms with Gasteiger partial charge in [-0.25, -0.2) is 4.79 Å². The number of carboxylic acids is 1. The van der Waals surface area contributed by atoms with E-state index in [1.807, 2.05) is 12.1 Å². The number of nitrogens with one attached hydrogen (secondary N) is 1. The molecule has 1 saturated heterocycles. The number of benzene rings is 2. The fourth-order valence-electron chi connectivity index (χ4n) is 4.61. The van der Waals surface area contributed by atoms with Crippen molar-refractivity contribution >= 4 is 17.6 Å². The summed E-state index contributed by atoms with van der Waals surface area (Å²) >= 11 is 0. The summed E-state index contributed by atoms with van der Waals surface area (Å²) in [5, 5.41) is 22.8. The lowest BCUT2D eigenvalue weighted by atomic mass is 9.94. The zero-order valence-corrected chi connectivity index (χ0v) is 20.3. The highest BCUT2D eigenvalue weighted by atomic mass is 16.5. The number of ether oxygens (including phenoxy) is 1. The van der Waals surface area contributed by atoms with Crippen LogP contribution in [-0.2, 0) is 11.2 Å². The van der Waals surface area contributed by atoms with Crippen LogP contribution in [0.15, 0.2) is 36.4 Å². The fourth-order valence-corrected chi connectivity index (χ4v) is 4.61. The van der Waals surface area contributed by atoms with Gasteiger partial charge >= 0.3 is 5.97 Å². The highest BCUT2D eigenvalue weighted by molar-refractivity contribution is 5.94.